The predicted molar refractivity (Wildman–Crippen MR) is 75.8 cm³/mol. The number of rotatable bonds is 1. The van der Waals surface area contributed by atoms with Gasteiger partial charge in [0.25, 0.3) is 0 Å². The molecule has 1 aromatic carbocycles. The van der Waals surface area contributed by atoms with Crippen LogP contribution in [0.25, 0.3) is 28.0 Å². The number of oxazole rings is 1. The maximum atomic E-state index is 11.2. The van der Waals surface area contributed by atoms with E-state index in [0.29, 0.717) is 11.1 Å². The van der Waals surface area contributed by atoms with E-state index in [9.17, 15) is 4.79 Å². The van der Waals surface area contributed by atoms with Gasteiger partial charge in [0.1, 0.15) is 5.65 Å². The number of nitrogens with one attached hydrogen (secondary N) is 1. The van der Waals surface area contributed by atoms with Crippen molar-refractivity contribution in [3.63, 3.8) is 0 Å². The number of pyridine rings is 1. The van der Waals surface area contributed by atoms with E-state index in [0.717, 1.165) is 22.5 Å². The van der Waals surface area contributed by atoms with Crippen LogP contribution in [0, 0.1) is 6.92 Å². The summed E-state index contributed by atoms with van der Waals surface area (Å²) < 4.78 is 7.07. The maximum Gasteiger partial charge on any atom is 0.417 e. The summed E-state index contributed by atoms with van der Waals surface area (Å²) in [5.74, 6) is -0.442. The Morgan fingerprint density at radius 3 is 3.05 bits per heavy atom. The van der Waals surface area contributed by atoms with Crippen molar-refractivity contribution in [1.82, 2.24) is 14.4 Å². The molecule has 4 aromatic rings. The molecule has 4 rings (SSSR count). The van der Waals surface area contributed by atoms with E-state index < -0.39 is 5.76 Å². The second-order valence-electron chi connectivity index (χ2n) is 4.77. The van der Waals surface area contributed by atoms with Crippen molar-refractivity contribution in [2.75, 3.05) is 0 Å². The minimum absolute atomic E-state index is 0.442. The van der Waals surface area contributed by atoms with E-state index in [-0.39, 0.29) is 0 Å². The summed E-state index contributed by atoms with van der Waals surface area (Å²) in [6.45, 7) is 2.03. The maximum absolute atomic E-state index is 11.2. The number of fused-ring (bicyclic) bond motifs is 2. The molecule has 98 valence electrons. The summed E-state index contributed by atoms with van der Waals surface area (Å²) in [7, 11) is 0. The third-order valence-electron chi connectivity index (χ3n) is 3.39. The van der Waals surface area contributed by atoms with E-state index >= 15 is 0 Å². The summed E-state index contributed by atoms with van der Waals surface area (Å²) in [6.07, 6.45) is 3.93. The fraction of sp³-hybridized carbons (Fsp3) is 0.0667. The largest absolute Gasteiger partial charge is 0.417 e. The van der Waals surface area contributed by atoms with Gasteiger partial charge in [0, 0.05) is 18.0 Å². The number of benzene rings is 1. The molecular weight excluding hydrogens is 254 g/mol. The van der Waals surface area contributed by atoms with Crippen LogP contribution in [0.5, 0.6) is 0 Å². The number of aromatic amines is 1. The summed E-state index contributed by atoms with van der Waals surface area (Å²) in [4.78, 5) is 18.4. The normalized spacial score (nSPS) is 11.4. The van der Waals surface area contributed by atoms with Crippen LogP contribution >= 0.6 is 0 Å². The van der Waals surface area contributed by atoms with Crippen LogP contribution in [0.15, 0.2) is 51.9 Å². The predicted octanol–water partition coefficient (Wildman–Crippen LogP) is 2.74. The lowest BCUT2D eigenvalue weighted by atomic mass is 10.1. The molecule has 5 nitrogen and oxygen atoms in total. The van der Waals surface area contributed by atoms with Crippen LogP contribution in [0.4, 0.5) is 0 Å². The molecule has 20 heavy (non-hydrogen) atoms. The van der Waals surface area contributed by atoms with Gasteiger partial charge in [-0.2, -0.15) is 0 Å². The Hall–Kier alpha value is -2.82. The van der Waals surface area contributed by atoms with Gasteiger partial charge in [-0.25, -0.2) is 9.78 Å². The molecule has 0 spiro atoms. The molecule has 0 saturated heterocycles. The minimum atomic E-state index is -0.442. The summed E-state index contributed by atoms with van der Waals surface area (Å²) in [5.41, 5.74) is 5.06. The molecule has 0 aliphatic carbocycles. The summed E-state index contributed by atoms with van der Waals surface area (Å²) in [6, 6.07) is 9.59. The third kappa shape index (κ3) is 1.56. The van der Waals surface area contributed by atoms with E-state index in [2.05, 4.69) is 9.97 Å². The summed E-state index contributed by atoms with van der Waals surface area (Å²) in [5, 5.41) is 0. The molecule has 0 radical (unpaired) electrons. The Kier molecular flexibility index (Phi) is 2.12. The average molecular weight is 265 g/mol. The van der Waals surface area contributed by atoms with E-state index in [4.69, 9.17) is 4.42 Å². The van der Waals surface area contributed by atoms with Gasteiger partial charge in [-0.15, -0.1) is 0 Å². The standard InChI is InChI=1S/C15H11N3O2/c1-9-3-2-6-18-8-12(16-14(9)18)10-4-5-11-13(7-10)20-15(19)17-11/h2-8H,1H3,(H,17,19). The quantitative estimate of drug-likeness (QED) is 0.575. The Balaban J connectivity index is 1.95. The molecule has 3 aromatic heterocycles. The van der Waals surface area contributed by atoms with Crippen LogP contribution in [-0.2, 0) is 0 Å². The lowest BCUT2D eigenvalue weighted by Crippen LogP contribution is -1.92. The second-order valence-corrected chi connectivity index (χ2v) is 4.77. The van der Waals surface area contributed by atoms with Crippen molar-refractivity contribution < 1.29 is 4.42 Å². The van der Waals surface area contributed by atoms with Crippen LogP contribution in [-0.4, -0.2) is 14.4 Å². The van der Waals surface area contributed by atoms with Crippen molar-refractivity contribution in [2.45, 2.75) is 6.92 Å². The van der Waals surface area contributed by atoms with E-state index in [1.165, 1.54) is 0 Å². The molecule has 3 heterocycles. The highest BCUT2D eigenvalue weighted by Crippen LogP contribution is 2.23. The lowest BCUT2D eigenvalue weighted by molar-refractivity contribution is 0.555. The Labute approximate surface area is 113 Å². The van der Waals surface area contributed by atoms with Crippen molar-refractivity contribution in [3.8, 4) is 11.3 Å². The molecule has 0 aliphatic rings. The molecule has 1 N–H and O–H groups in total. The zero-order valence-corrected chi connectivity index (χ0v) is 10.8. The zero-order valence-electron chi connectivity index (χ0n) is 10.8. The fourth-order valence-corrected chi connectivity index (χ4v) is 2.40. The van der Waals surface area contributed by atoms with Crippen molar-refractivity contribution in [2.24, 2.45) is 0 Å². The minimum Gasteiger partial charge on any atom is -0.408 e. The number of imidazole rings is 1. The topological polar surface area (TPSA) is 63.3 Å². The van der Waals surface area contributed by atoms with Gasteiger partial charge in [0.2, 0.25) is 0 Å². The number of aryl methyl sites for hydroxylation is 1. The SMILES string of the molecule is Cc1cccn2cc(-c3ccc4[nH]c(=O)oc4c3)nc12. The number of nitrogens with zero attached hydrogens (tertiary/aromatic N) is 2. The van der Waals surface area contributed by atoms with Crippen LogP contribution in [0.2, 0.25) is 0 Å². The molecule has 0 atom stereocenters. The number of aromatic nitrogens is 3. The monoisotopic (exact) mass is 265 g/mol. The van der Waals surface area contributed by atoms with Gasteiger partial charge in [-0.05, 0) is 30.7 Å². The molecule has 0 saturated carbocycles. The third-order valence-corrected chi connectivity index (χ3v) is 3.39. The van der Waals surface area contributed by atoms with Crippen LogP contribution in [0.1, 0.15) is 5.56 Å². The highest BCUT2D eigenvalue weighted by Gasteiger charge is 2.08. The lowest BCUT2D eigenvalue weighted by Gasteiger charge is -1.94. The molecule has 0 fully saturated rings. The highest BCUT2D eigenvalue weighted by atomic mass is 16.4. The van der Waals surface area contributed by atoms with Gasteiger partial charge >= 0.3 is 5.76 Å². The van der Waals surface area contributed by atoms with Gasteiger partial charge in [0.15, 0.2) is 5.58 Å². The van der Waals surface area contributed by atoms with Crippen LogP contribution in [0.3, 0.4) is 0 Å². The first-order valence-electron chi connectivity index (χ1n) is 6.28. The first-order chi connectivity index (χ1) is 9.70. The highest BCUT2D eigenvalue weighted by molar-refractivity contribution is 5.79. The Morgan fingerprint density at radius 2 is 2.20 bits per heavy atom. The van der Waals surface area contributed by atoms with Crippen molar-refractivity contribution >= 4 is 16.7 Å². The molecule has 0 aliphatic heterocycles. The number of hydrogen-bond acceptors (Lipinski definition) is 3. The van der Waals surface area contributed by atoms with Gasteiger partial charge in [-0.1, -0.05) is 12.1 Å². The Morgan fingerprint density at radius 1 is 1.30 bits per heavy atom. The molecule has 5 heteroatoms. The van der Waals surface area contributed by atoms with E-state index in [1.807, 2.05) is 54.0 Å². The zero-order chi connectivity index (χ0) is 13.7. The fourth-order valence-electron chi connectivity index (χ4n) is 2.40. The average Bonchev–Trinajstić information content (AvgIpc) is 3.00. The molecule has 0 amide bonds. The van der Waals surface area contributed by atoms with Crippen molar-refractivity contribution in [1.29, 1.82) is 0 Å². The summed E-state index contributed by atoms with van der Waals surface area (Å²) >= 11 is 0. The first-order valence-corrected chi connectivity index (χ1v) is 6.28. The number of H-pyrrole nitrogens is 1. The molecule has 0 unspecified atom stereocenters. The van der Waals surface area contributed by atoms with Gasteiger partial charge in [-0.3, -0.25) is 4.98 Å². The number of hydrogen-bond donors (Lipinski definition) is 1. The van der Waals surface area contributed by atoms with E-state index in [1.54, 1.807) is 0 Å². The van der Waals surface area contributed by atoms with Crippen molar-refractivity contribution in [3.05, 3.63) is 58.8 Å². The second kappa shape index (κ2) is 3.84. The van der Waals surface area contributed by atoms with Gasteiger partial charge < -0.3 is 8.82 Å². The first kappa shape index (κ1) is 11.0. The van der Waals surface area contributed by atoms with Gasteiger partial charge in [0.05, 0.1) is 11.2 Å². The molecule has 0 bridgehead atoms. The molecular formula is C15H11N3O2. The smallest absolute Gasteiger partial charge is 0.408 e. The van der Waals surface area contributed by atoms with Crippen LogP contribution < -0.4 is 5.76 Å². The Bertz CT molecular complexity index is 991.